The third-order valence-electron chi connectivity index (χ3n) is 3.12. The van der Waals surface area contributed by atoms with Gasteiger partial charge in [-0.2, -0.15) is 5.10 Å². The van der Waals surface area contributed by atoms with E-state index in [0.29, 0.717) is 6.04 Å². The summed E-state index contributed by atoms with van der Waals surface area (Å²) in [6, 6.07) is 11.1. The molecule has 0 saturated heterocycles. The van der Waals surface area contributed by atoms with E-state index in [2.05, 4.69) is 56.2 Å². The predicted octanol–water partition coefficient (Wildman–Crippen LogP) is 3.43. The Bertz CT molecular complexity index is 548. The Morgan fingerprint density at radius 2 is 2.10 bits per heavy atom. The van der Waals surface area contributed by atoms with Crippen LogP contribution in [-0.2, 0) is 6.42 Å². The van der Waals surface area contributed by atoms with E-state index in [-0.39, 0.29) is 6.04 Å². The molecule has 0 aliphatic carbocycles. The van der Waals surface area contributed by atoms with Gasteiger partial charge in [0.2, 0.25) is 0 Å². The van der Waals surface area contributed by atoms with Crippen LogP contribution in [0.4, 0.5) is 0 Å². The highest BCUT2D eigenvalue weighted by Gasteiger charge is 2.08. The molecule has 0 aliphatic rings. The molecule has 0 spiro atoms. The molecule has 1 atom stereocenters. The van der Waals surface area contributed by atoms with Gasteiger partial charge in [0.1, 0.15) is 0 Å². The quantitative estimate of drug-likeness (QED) is 0.829. The third kappa shape index (κ3) is 4.39. The van der Waals surface area contributed by atoms with Crippen LogP contribution in [0.5, 0.6) is 0 Å². The Morgan fingerprint density at radius 1 is 1.30 bits per heavy atom. The maximum atomic E-state index is 6.21. The van der Waals surface area contributed by atoms with Crippen molar-refractivity contribution in [3.8, 4) is 0 Å². The lowest BCUT2D eigenvalue weighted by Crippen LogP contribution is -2.25. The van der Waals surface area contributed by atoms with Crippen LogP contribution in [0.1, 0.15) is 31.1 Å². The number of aryl methyl sites for hydroxylation is 1. The third-order valence-corrected chi connectivity index (χ3v) is 4.30. The van der Waals surface area contributed by atoms with E-state index in [1.165, 1.54) is 10.5 Å². The monoisotopic (exact) mass is 289 g/mol. The summed E-state index contributed by atoms with van der Waals surface area (Å²) in [5, 5.41) is 4.55. The molecule has 0 radical (unpaired) electrons. The van der Waals surface area contributed by atoms with Crippen molar-refractivity contribution in [1.29, 1.82) is 0 Å². The van der Waals surface area contributed by atoms with Crippen molar-refractivity contribution in [2.75, 3.05) is 5.75 Å². The van der Waals surface area contributed by atoms with Crippen molar-refractivity contribution in [2.24, 2.45) is 5.73 Å². The maximum absolute atomic E-state index is 6.21. The minimum absolute atomic E-state index is 0.135. The zero-order valence-corrected chi connectivity index (χ0v) is 13.2. The largest absolute Gasteiger partial charge is 0.327 e. The first-order valence-corrected chi connectivity index (χ1v) is 8.02. The van der Waals surface area contributed by atoms with Crippen LogP contribution < -0.4 is 5.73 Å². The SMILES string of the molecule is Cc1cccc(SCC(N)Cc2ccn(C(C)C)n2)c1. The second-order valence-corrected chi connectivity index (χ2v) is 6.57. The zero-order chi connectivity index (χ0) is 14.5. The number of hydrogen-bond donors (Lipinski definition) is 1. The number of thioether (sulfide) groups is 1. The van der Waals surface area contributed by atoms with Gasteiger partial charge in [-0.3, -0.25) is 4.68 Å². The Kier molecular flexibility index (Phi) is 5.26. The molecule has 20 heavy (non-hydrogen) atoms. The highest BCUT2D eigenvalue weighted by Crippen LogP contribution is 2.20. The number of hydrogen-bond acceptors (Lipinski definition) is 3. The van der Waals surface area contributed by atoms with Crippen LogP contribution in [0.15, 0.2) is 41.4 Å². The molecule has 1 aromatic carbocycles. The van der Waals surface area contributed by atoms with E-state index in [4.69, 9.17) is 5.73 Å². The molecule has 0 saturated carbocycles. The molecule has 2 rings (SSSR count). The van der Waals surface area contributed by atoms with Crippen molar-refractivity contribution in [3.05, 3.63) is 47.8 Å². The standard InChI is InChI=1S/C16H23N3S/c1-12(2)19-8-7-15(18-19)10-14(17)11-20-16-6-4-5-13(3)9-16/h4-9,12,14H,10-11,17H2,1-3H3. The van der Waals surface area contributed by atoms with Gasteiger partial charge in [-0.25, -0.2) is 0 Å². The van der Waals surface area contributed by atoms with Crippen LogP contribution in [-0.4, -0.2) is 21.6 Å². The van der Waals surface area contributed by atoms with Crippen molar-refractivity contribution >= 4 is 11.8 Å². The van der Waals surface area contributed by atoms with Gasteiger partial charge in [0.25, 0.3) is 0 Å². The molecule has 0 bridgehead atoms. The summed E-state index contributed by atoms with van der Waals surface area (Å²) in [6.45, 7) is 6.37. The molecule has 108 valence electrons. The van der Waals surface area contributed by atoms with Crippen molar-refractivity contribution in [1.82, 2.24) is 9.78 Å². The van der Waals surface area contributed by atoms with Crippen LogP contribution in [0, 0.1) is 6.92 Å². The number of rotatable bonds is 6. The molecule has 2 N–H and O–H groups in total. The minimum Gasteiger partial charge on any atom is -0.327 e. The van der Waals surface area contributed by atoms with Gasteiger partial charge < -0.3 is 5.73 Å². The van der Waals surface area contributed by atoms with Gasteiger partial charge in [-0.1, -0.05) is 17.7 Å². The Hall–Kier alpha value is -1.26. The maximum Gasteiger partial charge on any atom is 0.0640 e. The predicted molar refractivity (Wildman–Crippen MR) is 86.2 cm³/mol. The summed E-state index contributed by atoms with van der Waals surface area (Å²) >= 11 is 1.82. The van der Waals surface area contributed by atoms with E-state index >= 15 is 0 Å². The normalized spacial score (nSPS) is 12.8. The Labute approximate surface area is 125 Å². The van der Waals surface area contributed by atoms with E-state index in [1.54, 1.807) is 0 Å². The Morgan fingerprint density at radius 3 is 2.75 bits per heavy atom. The molecule has 0 fully saturated rings. The summed E-state index contributed by atoms with van der Waals surface area (Å²) < 4.78 is 1.98. The van der Waals surface area contributed by atoms with Gasteiger partial charge in [0.15, 0.2) is 0 Å². The second kappa shape index (κ2) is 6.95. The van der Waals surface area contributed by atoms with E-state index in [9.17, 15) is 0 Å². The number of aromatic nitrogens is 2. The van der Waals surface area contributed by atoms with E-state index in [0.717, 1.165) is 17.9 Å². The summed E-state index contributed by atoms with van der Waals surface area (Å²) in [7, 11) is 0. The van der Waals surface area contributed by atoms with Crippen LogP contribution in [0.25, 0.3) is 0 Å². The van der Waals surface area contributed by atoms with Crippen LogP contribution in [0.3, 0.4) is 0 Å². The minimum atomic E-state index is 0.135. The first-order valence-electron chi connectivity index (χ1n) is 7.03. The van der Waals surface area contributed by atoms with Gasteiger partial charge in [0.05, 0.1) is 5.69 Å². The van der Waals surface area contributed by atoms with Gasteiger partial charge in [-0.05, 0) is 39.0 Å². The molecule has 0 amide bonds. The lowest BCUT2D eigenvalue weighted by atomic mass is 10.2. The van der Waals surface area contributed by atoms with E-state index in [1.807, 2.05) is 22.6 Å². The lowest BCUT2D eigenvalue weighted by molar-refractivity contribution is 0.523. The molecule has 1 heterocycles. The number of nitrogens with two attached hydrogens (primary N) is 1. The molecule has 1 aromatic heterocycles. The average Bonchev–Trinajstić information content (AvgIpc) is 2.85. The molecular weight excluding hydrogens is 266 g/mol. The Balaban J connectivity index is 1.84. The fourth-order valence-corrected chi connectivity index (χ4v) is 2.98. The van der Waals surface area contributed by atoms with Crippen LogP contribution in [0.2, 0.25) is 0 Å². The molecule has 0 aliphatic heterocycles. The number of nitrogens with zero attached hydrogens (tertiary/aromatic N) is 2. The highest BCUT2D eigenvalue weighted by molar-refractivity contribution is 7.99. The first-order chi connectivity index (χ1) is 9.54. The molecule has 4 heteroatoms. The second-order valence-electron chi connectivity index (χ2n) is 5.47. The van der Waals surface area contributed by atoms with Gasteiger partial charge >= 0.3 is 0 Å². The average molecular weight is 289 g/mol. The van der Waals surface area contributed by atoms with Crippen molar-refractivity contribution in [3.63, 3.8) is 0 Å². The summed E-state index contributed by atoms with van der Waals surface area (Å²) in [5.41, 5.74) is 8.58. The summed E-state index contributed by atoms with van der Waals surface area (Å²) in [4.78, 5) is 1.29. The molecule has 1 unspecified atom stereocenters. The first kappa shape index (κ1) is 15.1. The fraction of sp³-hybridized carbons (Fsp3) is 0.438. The van der Waals surface area contributed by atoms with Gasteiger partial charge in [-0.15, -0.1) is 11.8 Å². The molecular formula is C16H23N3S. The topological polar surface area (TPSA) is 43.8 Å². The van der Waals surface area contributed by atoms with Crippen molar-refractivity contribution < 1.29 is 0 Å². The summed E-state index contributed by atoms with van der Waals surface area (Å²) in [5.74, 6) is 0.915. The molecule has 3 nitrogen and oxygen atoms in total. The van der Waals surface area contributed by atoms with Gasteiger partial charge in [0, 0.05) is 35.3 Å². The number of benzene rings is 1. The lowest BCUT2D eigenvalue weighted by Gasteiger charge is -2.10. The highest BCUT2D eigenvalue weighted by atomic mass is 32.2. The van der Waals surface area contributed by atoms with Crippen LogP contribution >= 0.6 is 11.8 Å². The molecule has 2 aromatic rings. The smallest absolute Gasteiger partial charge is 0.0640 e. The van der Waals surface area contributed by atoms with Crippen molar-refractivity contribution in [2.45, 2.75) is 44.2 Å². The summed E-state index contributed by atoms with van der Waals surface area (Å²) in [6.07, 6.45) is 2.86. The zero-order valence-electron chi connectivity index (χ0n) is 12.4. The fourth-order valence-electron chi connectivity index (χ4n) is 2.01. The van der Waals surface area contributed by atoms with E-state index < -0.39 is 0 Å².